The number of amides is 1. The van der Waals surface area contributed by atoms with Crippen molar-refractivity contribution in [3.05, 3.63) is 28.8 Å². The zero-order valence-electron chi connectivity index (χ0n) is 10.8. The molecule has 1 rings (SSSR count). The van der Waals surface area contributed by atoms with Gasteiger partial charge in [-0.3, -0.25) is 4.79 Å². The molecule has 0 aromatic heterocycles. The van der Waals surface area contributed by atoms with E-state index in [1.54, 1.807) is 0 Å². The maximum absolute atomic E-state index is 11.6. The number of carbonyl (C=O) groups is 2. The van der Waals surface area contributed by atoms with Gasteiger partial charge in [-0.25, -0.2) is 4.79 Å². The van der Waals surface area contributed by atoms with Crippen molar-refractivity contribution in [3.8, 4) is 5.75 Å². The van der Waals surface area contributed by atoms with E-state index in [0.717, 1.165) is 6.42 Å². The SMILES string of the molecule is CCC(C)NC(=O)COc1c(Cl)cccc1C(=O)O. The topological polar surface area (TPSA) is 75.6 Å². The molecule has 1 atom stereocenters. The Morgan fingerprint density at radius 3 is 2.74 bits per heavy atom. The molecule has 104 valence electrons. The maximum atomic E-state index is 11.6. The number of hydrogen-bond donors (Lipinski definition) is 2. The monoisotopic (exact) mass is 285 g/mol. The molecule has 5 nitrogen and oxygen atoms in total. The second-order valence-electron chi connectivity index (χ2n) is 4.09. The average Bonchev–Trinajstić information content (AvgIpc) is 2.36. The molecule has 6 heteroatoms. The van der Waals surface area contributed by atoms with Crippen LogP contribution >= 0.6 is 11.6 Å². The predicted molar refractivity (Wildman–Crippen MR) is 71.8 cm³/mol. The molecule has 0 fully saturated rings. The molecule has 0 bridgehead atoms. The summed E-state index contributed by atoms with van der Waals surface area (Å²) in [5.74, 6) is -1.46. The summed E-state index contributed by atoms with van der Waals surface area (Å²) in [5.41, 5.74) is -0.0659. The summed E-state index contributed by atoms with van der Waals surface area (Å²) in [7, 11) is 0. The maximum Gasteiger partial charge on any atom is 0.339 e. The van der Waals surface area contributed by atoms with Crippen LogP contribution in [0, 0.1) is 0 Å². The Labute approximate surface area is 116 Å². The van der Waals surface area contributed by atoms with Crippen molar-refractivity contribution in [3.63, 3.8) is 0 Å². The molecule has 1 aromatic rings. The first-order valence-corrected chi connectivity index (χ1v) is 6.27. The Balaban J connectivity index is 2.72. The van der Waals surface area contributed by atoms with Gasteiger partial charge in [0.15, 0.2) is 12.4 Å². The van der Waals surface area contributed by atoms with Crippen LogP contribution in [0.5, 0.6) is 5.75 Å². The average molecular weight is 286 g/mol. The van der Waals surface area contributed by atoms with Gasteiger partial charge in [0.2, 0.25) is 0 Å². The summed E-state index contributed by atoms with van der Waals surface area (Å²) < 4.78 is 5.21. The smallest absolute Gasteiger partial charge is 0.339 e. The molecule has 0 saturated heterocycles. The van der Waals surface area contributed by atoms with Crippen LogP contribution in [0.25, 0.3) is 0 Å². The molecule has 1 aromatic carbocycles. The molecule has 0 aliphatic rings. The lowest BCUT2D eigenvalue weighted by Gasteiger charge is -2.13. The molecule has 0 heterocycles. The summed E-state index contributed by atoms with van der Waals surface area (Å²) in [6.07, 6.45) is 0.804. The van der Waals surface area contributed by atoms with Crippen LogP contribution in [-0.4, -0.2) is 29.6 Å². The van der Waals surface area contributed by atoms with Crippen molar-refractivity contribution in [2.75, 3.05) is 6.61 Å². The normalized spacial score (nSPS) is 11.7. The van der Waals surface area contributed by atoms with E-state index < -0.39 is 5.97 Å². The van der Waals surface area contributed by atoms with Gasteiger partial charge in [-0.2, -0.15) is 0 Å². The molecule has 1 unspecified atom stereocenters. The third-order valence-corrected chi connectivity index (χ3v) is 2.86. The highest BCUT2D eigenvalue weighted by Crippen LogP contribution is 2.28. The minimum Gasteiger partial charge on any atom is -0.481 e. The quantitative estimate of drug-likeness (QED) is 0.841. The molecule has 1 amide bonds. The van der Waals surface area contributed by atoms with Crippen molar-refractivity contribution in [2.24, 2.45) is 0 Å². The summed E-state index contributed by atoms with van der Waals surface area (Å²) >= 11 is 5.87. The van der Waals surface area contributed by atoms with Gasteiger partial charge in [0.25, 0.3) is 5.91 Å². The Hall–Kier alpha value is -1.75. The Morgan fingerprint density at radius 2 is 2.16 bits per heavy atom. The highest BCUT2D eigenvalue weighted by molar-refractivity contribution is 6.32. The third-order valence-electron chi connectivity index (χ3n) is 2.56. The number of carboxylic acid groups (broad SMARTS) is 1. The van der Waals surface area contributed by atoms with Gasteiger partial charge in [0.05, 0.1) is 5.02 Å². The molecule has 2 N–H and O–H groups in total. The van der Waals surface area contributed by atoms with Gasteiger partial charge in [0, 0.05) is 6.04 Å². The molecule has 0 radical (unpaired) electrons. The molecular weight excluding hydrogens is 270 g/mol. The number of nitrogens with one attached hydrogen (secondary N) is 1. The number of halogens is 1. The molecule has 19 heavy (non-hydrogen) atoms. The first-order valence-electron chi connectivity index (χ1n) is 5.89. The fourth-order valence-corrected chi connectivity index (χ4v) is 1.61. The van der Waals surface area contributed by atoms with Crippen LogP contribution in [0.3, 0.4) is 0 Å². The van der Waals surface area contributed by atoms with Crippen LogP contribution < -0.4 is 10.1 Å². The Morgan fingerprint density at radius 1 is 1.47 bits per heavy atom. The number of carbonyl (C=O) groups excluding carboxylic acids is 1. The van der Waals surface area contributed by atoms with Crippen molar-refractivity contribution in [1.82, 2.24) is 5.32 Å². The second-order valence-corrected chi connectivity index (χ2v) is 4.49. The van der Waals surface area contributed by atoms with Crippen molar-refractivity contribution in [2.45, 2.75) is 26.3 Å². The van der Waals surface area contributed by atoms with Gasteiger partial charge >= 0.3 is 5.97 Å². The van der Waals surface area contributed by atoms with Gasteiger partial charge in [-0.05, 0) is 25.5 Å². The zero-order valence-corrected chi connectivity index (χ0v) is 11.5. The van der Waals surface area contributed by atoms with Crippen molar-refractivity contribution in [1.29, 1.82) is 0 Å². The highest BCUT2D eigenvalue weighted by atomic mass is 35.5. The minimum atomic E-state index is -1.15. The van der Waals surface area contributed by atoms with E-state index in [2.05, 4.69) is 5.32 Å². The van der Waals surface area contributed by atoms with Crippen molar-refractivity contribution < 1.29 is 19.4 Å². The zero-order chi connectivity index (χ0) is 14.4. The van der Waals surface area contributed by atoms with E-state index in [-0.39, 0.29) is 34.9 Å². The number of carboxylic acids is 1. The first kappa shape index (κ1) is 15.3. The predicted octanol–water partition coefficient (Wildman–Crippen LogP) is 2.33. The van der Waals surface area contributed by atoms with E-state index in [1.807, 2.05) is 13.8 Å². The summed E-state index contributed by atoms with van der Waals surface area (Å²) in [6, 6.07) is 4.44. The van der Waals surface area contributed by atoms with E-state index in [4.69, 9.17) is 21.4 Å². The number of ether oxygens (including phenoxy) is 1. The number of benzene rings is 1. The van der Waals surface area contributed by atoms with E-state index in [0.29, 0.717) is 0 Å². The Kier molecular flexibility index (Phi) is 5.63. The molecule has 0 aliphatic heterocycles. The lowest BCUT2D eigenvalue weighted by atomic mass is 10.2. The first-order chi connectivity index (χ1) is 8.95. The standard InChI is InChI=1S/C13H16ClNO4/c1-3-8(2)15-11(16)7-19-12-9(13(17)18)5-4-6-10(12)14/h4-6,8H,3,7H2,1-2H3,(H,15,16)(H,17,18). The summed E-state index contributed by atoms with van der Waals surface area (Å²) in [4.78, 5) is 22.6. The minimum absolute atomic E-state index is 0.0102. The fraction of sp³-hybridized carbons (Fsp3) is 0.385. The van der Waals surface area contributed by atoms with Crippen LogP contribution in [0.15, 0.2) is 18.2 Å². The van der Waals surface area contributed by atoms with Crippen LogP contribution in [0.2, 0.25) is 5.02 Å². The summed E-state index contributed by atoms with van der Waals surface area (Å²) in [5, 5.41) is 11.9. The number of hydrogen-bond acceptors (Lipinski definition) is 3. The number of aromatic carboxylic acids is 1. The van der Waals surface area contributed by atoms with Gasteiger partial charge in [-0.1, -0.05) is 24.6 Å². The third kappa shape index (κ3) is 4.44. The van der Waals surface area contributed by atoms with Crippen LogP contribution in [0.4, 0.5) is 0 Å². The van der Waals surface area contributed by atoms with E-state index in [1.165, 1.54) is 18.2 Å². The molecule has 0 saturated carbocycles. The van der Waals surface area contributed by atoms with Gasteiger partial charge in [-0.15, -0.1) is 0 Å². The van der Waals surface area contributed by atoms with Gasteiger partial charge in [0.1, 0.15) is 5.56 Å². The largest absolute Gasteiger partial charge is 0.481 e. The number of rotatable bonds is 6. The second kappa shape index (κ2) is 6.99. The fourth-order valence-electron chi connectivity index (χ4n) is 1.38. The molecule has 0 aliphatic carbocycles. The van der Waals surface area contributed by atoms with Crippen LogP contribution in [0.1, 0.15) is 30.6 Å². The Bertz CT molecular complexity index is 476. The lowest BCUT2D eigenvalue weighted by Crippen LogP contribution is -2.35. The van der Waals surface area contributed by atoms with Crippen molar-refractivity contribution >= 4 is 23.5 Å². The van der Waals surface area contributed by atoms with E-state index in [9.17, 15) is 9.59 Å². The summed E-state index contributed by atoms with van der Waals surface area (Å²) in [6.45, 7) is 3.55. The number of para-hydroxylation sites is 1. The van der Waals surface area contributed by atoms with E-state index >= 15 is 0 Å². The lowest BCUT2D eigenvalue weighted by molar-refractivity contribution is -0.123. The molecule has 0 spiro atoms. The molecular formula is C13H16ClNO4. The van der Waals surface area contributed by atoms with Gasteiger partial charge < -0.3 is 15.2 Å². The van der Waals surface area contributed by atoms with Crippen LogP contribution in [-0.2, 0) is 4.79 Å². The highest BCUT2D eigenvalue weighted by Gasteiger charge is 2.16.